The molecule has 6 heteroatoms. The van der Waals surface area contributed by atoms with Gasteiger partial charge in [0.05, 0.1) is 0 Å². The van der Waals surface area contributed by atoms with Gasteiger partial charge in [-0.3, -0.25) is 14.4 Å². The lowest BCUT2D eigenvalue weighted by Gasteiger charge is -2.18. The molecule has 54 heavy (non-hydrogen) atoms. The summed E-state index contributed by atoms with van der Waals surface area (Å²) in [4.78, 5) is 37.5. The Kier molecular flexibility index (Phi) is 39.8. The van der Waals surface area contributed by atoms with Gasteiger partial charge in [-0.15, -0.1) is 0 Å². The fraction of sp³-hybridized carbons (Fsp3) is 0.938. The summed E-state index contributed by atoms with van der Waals surface area (Å²) in [6.45, 7) is 11.3. The van der Waals surface area contributed by atoms with Gasteiger partial charge in [-0.05, 0) is 31.1 Å². The maximum Gasteiger partial charge on any atom is 0.306 e. The highest BCUT2D eigenvalue weighted by Gasteiger charge is 2.19. The monoisotopic (exact) mass is 765 g/mol. The van der Waals surface area contributed by atoms with Gasteiger partial charge in [-0.1, -0.05) is 221 Å². The van der Waals surface area contributed by atoms with Crippen molar-refractivity contribution in [2.24, 2.45) is 11.8 Å². The van der Waals surface area contributed by atoms with E-state index in [9.17, 15) is 14.4 Å². The van der Waals surface area contributed by atoms with Gasteiger partial charge in [-0.2, -0.15) is 0 Å². The smallest absolute Gasteiger partial charge is 0.306 e. The number of ether oxygens (including phenoxy) is 3. The molecular formula is C48H92O6. The molecular weight excluding hydrogens is 673 g/mol. The fourth-order valence-corrected chi connectivity index (χ4v) is 7.11. The summed E-state index contributed by atoms with van der Waals surface area (Å²) in [5.41, 5.74) is 0. The third kappa shape index (κ3) is 41.6. The first kappa shape index (κ1) is 52.4. The molecule has 320 valence electrons. The molecule has 0 aromatic carbocycles. The zero-order chi connectivity index (χ0) is 39.7. The second kappa shape index (κ2) is 41.1. The summed E-state index contributed by atoms with van der Waals surface area (Å²) in [5.74, 6) is 0.790. The van der Waals surface area contributed by atoms with Crippen molar-refractivity contribution in [3.05, 3.63) is 0 Å². The Morgan fingerprint density at radius 2 is 0.611 bits per heavy atom. The molecule has 0 bridgehead atoms. The topological polar surface area (TPSA) is 78.9 Å². The van der Waals surface area contributed by atoms with Crippen LogP contribution in [0.4, 0.5) is 0 Å². The average Bonchev–Trinajstić information content (AvgIpc) is 3.14. The Hall–Kier alpha value is -1.59. The van der Waals surface area contributed by atoms with Crippen LogP contribution in [0.1, 0.15) is 259 Å². The van der Waals surface area contributed by atoms with Crippen LogP contribution in [0.15, 0.2) is 0 Å². The Bertz CT molecular complexity index is 824. The third-order valence-electron chi connectivity index (χ3n) is 10.7. The summed E-state index contributed by atoms with van der Waals surface area (Å²) in [6.07, 6.45) is 39.8. The number of unbranched alkanes of at least 4 members (excludes halogenated alkanes) is 27. The highest BCUT2D eigenvalue weighted by molar-refractivity contribution is 5.71. The van der Waals surface area contributed by atoms with E-state index in [-0.39, 0.29) is 31.1 Å². The van der Waals surface area contributed by atoms with Crippen molar-refractivity contribution >= 4 is 17.9 Å². The molecule has 0 aliphatic carbocycles. The molecule has 0 aliphatic heterocycles. The van der Waals surface area contributed by atoms with Crippen molar-refractivity contribution in [2.45, 2.75) is 265 Å². The molecule has 0 amide bonds. The van der Waals surface area contributed by atoms with Crippen LogP contribution in [0.25, 0.3) is 0 Å². The van der Waals surface area contributed by atoms with Gasteiger partial charge >= 0.3 is 17.9 Å². The molecule has 6 nitrogen and oxygen atoms in total. The summed E-state index contributed by atoms with van der Waals surface area (Å²) in [6, 6.07) is 0. The van der Waals surface area contributed by atoms with E-state index in [2.05, 4.69) is 34.6 Å². The van der Waals surface area contributed by atoms with Gasteiger partial charge in [0.1, 0.15) is 13.2 Å². The van der Waals surface area contributed by atoms with Crippen LogP contribution < -0.4 is 0 Å². The SMILES string of the molecule is CCCCCCCC(=O)OC[C@H](COC(=O)CCCCCCCCCCCCCCCCCCC(C)C)OC(=O)CCCCCCCCCCCC(C)C. The second-order valence-corrected chi connectivity index (χ2v) is 17.3. The first-order valence-electron chi connectivity index (χ1n) is 23.7. The molecule has 0 aromatic heterocycles. The van der Waals surface area contributed by atoms with E-state index >= 15 is 0 Å². The number of carbonyl (C=O) groups is 3. The number of rotatable bonds is 42. The highest BCUT2D eigenvalue weighted by Crippen LogP contribution is 2.17. The minimum atomic E-state index is -0.759. The summed E-state index contributed by atoms with van der Waals surface area (Å²) >= 11 is 0. The van der Waals surface area contributed by atoms with Crippen LogP contribution in [-0.2, 0) is 28.6 Å². The molecule has 0 saturated heterocycles. The van der Waals surface area contributed by atoms with Crippen LogP contribution in [0, 0.1) is 11.8 Å². The van der Waals surface area contributed by atoms with Crippen molar-refractivity contribution in [2.75, 3.05) is 13.2 Å². The molecule has 0 radical (unpaired) electrons. The van der Waals surface area contributed by atoms with Crippen LogP contribution >= 0.6 is 0 Å². The first-order valence-corrected chi connectivity index (χ1v) is 23.7. The van der Waals surface area contributed by atoms with E-state index in [1.165, 1.54) is 141 Å². The largest absolute Gasteiger partial charge is 0.462 e. The molecule has 0 fully saturated rings. The van der Waals surface area contributed by atoms with Gasteiger partial charge in [0.2, 0.25) is 0 Å². The lowest BCUT2D eigenvalue weighted by molar-refractivity contribution is -0.167. The Balaban J connectivity index is 4.11. The summed E-state index contributed by atoms with van der Waals surface area (Å²) < 4.78 is 16.6. The quantitative estimate of drug-likeness (QED) is 0.0350. The van der Waals surface area contributed by atoms with E-state index in [0.29, 0.717) is 19.3 Å². The second-order valence-electron chi connectivity index (χ2n) is 17.3. The zero-order valence-corrected chi connectivity index (χ0v) is 36.8. The minimum absolute atomic E-state index is 0.0655. The van der Waals surface area contributed by atoms with Gasteiger partial charge in [-0.25, -0.2) is 0 Å². The third-order valence-corrected chi connectivity index (χ3v) is 10.7. The van der Waals surface area contributed by atoms with Crippen LogP contribution in [0.2, 0.25) is 0 Å². The molecule has 1 atom stereocenters. The van der Waals surface area contributed by atoms with Gasteiger partial charge < -0.3 is 14.2 Å². The van der Waals surface area contributed by atoms with Crippen molar-refractivity contribution in [3.8, 4) is 0 Å². The summed E-state index contributed by atoms with van der Waals surface area (Å²) in [5, 5.41) is 0. The Morgan fingerprint density at radius 1 is 0.352 bits per heavy atom. The van der Waals surface area contributed by atoms with Crippen molar-refractivity contribution < 1.29 is 28.6 Å². The molecule has 0 saturated carbocycles. The Morgan fingerprint density at radius 3 is 0.907 bits per heavy atom. The van der Waals surface area contributed by atoms with E-state index in [1.807, 2.05) is 0 Å². The number of esters is 3. The van der Waals surface area contributed by atoms with Crippen LogP contribution in [0.3, 0.4) is 0 Å². The molecule has 0 aliphatic rings. The maximum atomic E-state index is 12.7. The van der Waals surface area contributed by atoms with E-state index in [1.54, 1.807) is 0 Å². The zero-order valence-electron chi connectivity index (χ0n) is 36.8. The molecule has 0 heterocycles. The van der Waals surface area contributed by atoms with E-state index in [4.69, 9.17) is 14.2 Å². The van der Waals surface area contributed by atoms with Crippen LogP contribution in [-0.4, -0.2) is 37.2 Å². The van der Waals surface area contributed by atoms with Gasteiger partial charge in [0.15, 0.2) is 6.10 Å². The number of hydrogen-bond donors (Lipinski definition) is 0. The molecule has 0 unspecified atom stereocenters. The maximum absolute atomic E-state index is 12.7. The molecule has 0 spiro atoms. The number of hydrogen-bond acceptors (Lipinski definition) is 6. The van der Waals surface area contributed by atoms with E-state index in [0.717, 1.165) is 76.0 Å². The predicted molar refractivity (Wildman–Crippen MR) is 229 cm³/mol. The lowest BCUT2D eigenvalue weighted by atomic mass is 10.0. The van der Waals surface area contributed by atoms with Crippen molar-refractivity contribution in [1.82, 2.24) is 0 Å². The Labute approximate surface area is 336 Å². The number of carbonyl (C=O) groups excluding carboxylic acids is 3. The summed E-state index contributed by atoms with van der Waals surface area (Å²) in [7, 11) is 0. The standard InChI is InChI=1S/C48H92O6/c1-6-7-8-26-33-38-46(49)52-41-45(54-48(51)40-35-30-25-21-17-19-23-28-32-37-44(4)5)42-53-47(50)39-34-29-24-20-16-14-12-10-9-11-13-15-18-22-27-31-36-43(2)3/h43-45H,6-42H2,1-5H3/t45-/m1/s1. The normalized spacial score (nSPS) is 12.1. The van der Waals surface area contributed by atoms with Gasteiger partial charge in [0.25, 0.3) is 0 Å². The molecule has 0 N–H and O–H groups in total. The molecule has 0 aromatic rings. The van der Waals surface area contributed by atoms with Crippen LogP contribution in [0.5, 0.6) is 0 Å². The highest BCUT2D eigenvalue weighted by atomic mass is 16.6. The van der Waals surface area contributed by atoms with Crippen molar-refractivity contribution in [1.29, 1.82) is 0 Å². The van der Waals surface area contributed by atoms with E-state index < -0.39 is 6.10 Å². The van der Waals surface area contributed by atoms with Gasteiger partial charge in [0, 0.05) is 19.3 Å². The lowest BCUT2D eigenvalue weighted by Crippen LogP contribution is -2.30. The molecule has 0 rings (SSSR count). The predicted octanol–water partition coefficient (Wildman–Crippen LogP) is 15.0. The first-order chi connectivity index (χ1) is 26.2. The minimum Gasteiger partial charge on any atom is -0.462 e. The average molecular weight is 765 g/mol. The van der Waals surface area contributed by atoms with Crippen molar-refractivity contribution in [3.63, 3.8) is 0 Å². The fourth-order valence-electron chi connectivity index (χ4n) is 7.11.